The van der Waals surface area contributed by atoms with Gasteiger partial charge in [0.1, 0.15) is 13.2 Å². The predicted molar refractivity (Wildman–Crippen MR) is 66.6 cm³/mol. The smallest absolute Gasteiger partial charge is 0.305 e. The lowest BCUT2D eigenvalue weighted by molar-refractivity contribution is -0.137. The van der Waals surface area contributed by atoms with Crippen LogP contribution in [0.15, 0.2) is 18.2 Å². The van der Waals surface area contributed by atoms with Crippen molar-refractivity contribution in [1.82, 2.24) is 4.90 Å². The third kappa shape index (κ3) is 3.15. The highest BCUT2D eigenvalue weighted by Crippen LogP contribution is 2.30. The van der Waals surface area contributed by atoms with Crippen LogP contribution in [0.3, 0.4) is 0 Å². The van der Waals surface area contributed by atoms with Gasteiger partial charge in [-0.05, 0) is 18.2 Å². The van der Waals surface area contributed by atoms with E-state index < -0.39 is 5.97 Å². The number of benzene rings is 1. The van der Waals surface area contributed by atoms with Crippen molar-refractivity contribution >= 4 is 11.9 Å². The number of hydrogen-bond acceptors (Lipinski definition) is 4. The molecule has 0 aliphatic carbocycles. The van der Waals surface area contributed by atoms with Gasteiger partial charge in [0.05, 0.1) is 6.42 Å². The maximum Gasteiger partial charge on any atom is 0.305 e. The molecule has 1 aromatic rings. The fourth-order valence-corrected chi connectivity index (χ4v) is 1.76. The maximum atomic E-state index is 12.1. The first kappa shape index (κ1) is 13.2. The topological polar surface area (TPSA) is 76.1 Å². The fraction of sp³-hybridized carbons (Fsp3) is 0.385. The normalized spacial score (nSPS) is 12.9. The van der Waals surface area contributed by atoms with E-state index in [0.717, 1.165) is 0 Å². The average Bonchev–Trinajstić information content (AvgIpc) is 2.43. The lowest BCUT2D eigenvalue weighted by Crippen LogP contribution is -2.29. The summed E-state index contributed by atoms with van der Waals surface area (Å²) < 4.78 is 10.8. The van der Waals surface area contributed by atoms with Gasteiger partial charge >= 0.3 is 5.97 Å². The Morgan fingerprint density at radius 3 is 2.63 bits per heavy atom. The summed E-state index contributed by atoms with van der Waals surface area (Å²) in [5.41, 5.74) is 0.456. The van der Waals surface area contributed by atoms with Crippen molar-refractivity contribution in [3.05, 3.63) is 23.8 Å². The number of carboxylic acids is 1. The molecule has 2 rings (SSSR count). The van der Waals surface area contributed by atoms with Crippen LogP contribution in [-0.2, 0) is 4.79 Å². The number of carboxylic acid groups (broad SMARTS) is 1. The summed E-state index contributed by atoms with van der Waals surface area (Å²) in [6, 6.07) is 4.95. The molecule has 0 bridgehead atoms. The van der Waals surface area contributed by atoms with E-state index in [0.29, 0.717) is 30.3 Å². The lowest BCUT2D eigenvalue weighted by atomic mass is 10.1. The van der Waals surface area contributed by atoms with Crippen LogP contribution in [0.2, 0.25) is 0 Å². The molecule has 0 fully saturated rings. The SMILES string of the molecule is CN(CCC(=O)O)C(=O)c1ccc2c(c1)OCCO2. The Hall–Kier alpha value is -2.24. The Morgan fingerprint density at radius 1 is 1.26 bits per heavy atom. The summed E-state index contributed by atoms with van der Waals surface area (Å²) in [6.45, 7) is 1.13. The van der Waals surface area contributed by atoms with Crippen LogP contribution in [0.5, 0.6) is 11.5 Å². The molecule has 0 spiro atoms. The third-order valence-electron chi connectivity index (χ3n) is 2.80. The number of fused-ring (bicyclic) bond motifs is 1. The Balaban J connectivity index is 2.08. The van der Waals surface area contributed by atoms with Crippen molar-refractivity contribution < 1.29 is 24.2 Å². The third-order valence-corrected chi connectivity index (χ3v) is 2.80. The zero-order valence-corrected chi connectivity index (χ0v) is 10.6. The first-order chi connectivity index (χ1) is 9.08. The minimum Gasteiger partial charge on any atom is -0.486 e. The van der Waals surface area contributed by atoms with E-state index in [1.54, 1.807) is 25.2 Å². The second kappa shape index (κ2) is 5.60. The molecule has 1 amide bonds. The lowest BCUT2D eigenvalue weighted by Gasteiger charge is -2.20. The minimum atomic E-state index is -0.929. The zero-order chi connectivity index (χ0) is 13.8. The molecular formula is C13H15NO5. The van der Waals surface area contributed by atoms with Gasteiger partial charge in [0.25, 0.3) is 5.91 Å². The number of hydrogen-bond donors (Lipinski definition) is 1. The van der Waals surface area contributed by atoms with E-state index in [2.05, 4.69) is 0 Å². The van der Waals surface area contributed by atoms with Gasteiger partial charge < -0.3 is 19.5 Å². The van der Waals surface area contributed by atoms with Crippen molar-refractivity contribution in [2.45, 2.75) is 6.42 Å². The van der Waals surface area contributed by atoms with E-state index in [1.807, 2.05) is 0 Å². The van der Waals surface area contributed by atoms with Crippen molar-refractivity contribution in [3.63, 3.8) is 0 Å². The van der Waals surface area contributed by atoms with E-state index in [1.165, 1.54) is 4.90 Å². The molecule has 6 heteroatoms. The molecule has 1 aromatic carbocycles. The van der Waals surface area contributed by atoms with Crippen LogP contribution >= 0.6 is 0 Å². The number of carbonyl (C=O) groups excluding carboxylic acids is 1. The standard InChI is InChI=1S/C13H15NO5/c1-14(5-4-12(15)16)13(17)9-2-3-10-11(8-9)19-7-6-18-10/h2-3,8H,4-7H2,1H3,(H,15,16). The second-order valence-electron chi connectivity index (χ2n) is 4.23. The first-order valence-corrected chi connectivity index (χ1v) is 5.95. The number of rotatable bonds is 4. The van der Waals surface area contributed by atoms with Gasteiger partial charge in [-0.15, -0.1) is 0 Å². The van der Waals surface area contributed by atoms with Crippen LogP contribution in [0.25, 0.3) is 0 Å². The fourth-order valence-electron chi connectivity index (χ4n) is 1.76. The highest BCUT2D eigenvalue weighted by atomic mass is 16.6. The Kier molecular flexibility index (Phi) is 3.89. The molecule has 1 aliphatic heterocycles. The molecule has 1 N–H and O–H groups in total. The van der Waals surface area contributed by atoms with E-state index in [9.17, 15) is 9.59 Å². The largest absolute Gasteiger partial charge is 0.486 e. The molecule has 0 atom stereocenters. The number of aliphatic carboxylic acids is 1. The van der Waals surface area contributed by atoms with Crippen molar-refractivity contribution in [3.8, 4) is 11.5 Å². The molecule has 0 unspecified atom stereocenters. The summed E-state index contributed by atoms with van der Waals surface area (Å²) in [5.74, 6) is -0.000212. The minimum absolute atomic E-state index is 0.0766. The predicted octanol–water partition coefficient (Wildman–Crippen LogP) is 1.00. The van der Waals surface area contributed by atoms with E-state index >= 15 is 0 Å². The Labute approximate surface area is 110 Å². The summed E-state index contributed by atoms with van der Waals surface area (Å²) in [6.07, 6.45) is -0.0766. The van der Waals surface area contributed by atoms with Gasteiger partial charge in [0, 0.05) is 19.2 Å². The van der Waals surface area contributed by atoms with Crippen LogP contribution < -0.4 is 9.47 Å². The molecule has 102 valence electrons. The molecule has 6 nitrogen and oxygen atoms in total. The van der Waals surface area contributed by atoms with Crippen molar-refractivity contribution in [1.29, 1.82) is 0 Å². The number of nitrogens with zero attached hydrogens (tertiary/aromatic N) is 1. The summed E-state index contributed by atoms with van der Waals surface area (Å²) in [7, 11) is 1.57. The molecule has 0 radical (unpaired) electrons. The van der Waals surface area contributed by atoms with Crippen LogP contribution in [0.1, 0.15) is 16.8 Å². The summed E-state index contributed by atoms with van der Waals surface area (Å²) in [4.78, 5) is 23.9. The van der Waals surface area contributed by atoms with Crippen molar-refractivity contribution in [2.24, 2.45) is 0 Å². The van der Waals surface area contributed by atoms with E-state index in [4.69, 9.17) is 14.6 Å². The van der Waals surface area contributed by atoms with Gasteiger partial charge in [-0.25, -0.2) is 0 Å². The maximum absolute atomic E-state index is 12.1. The van der Waals surface area contributed by atoms with Gasteiger partial charge in [-0.1, -0.05) is 0 Å². The molecular weight excluding hydrogens is 250 g/mol. The summed E-state index contributed by atoms with van der Waals surface area (Å²) >= 11 is 0. The second-order valence-corrected chi connectivity index (χ2v) is 4.23. The van der Waals surface area contributed by atoms with Gasteiger partial charge in [0.15, 0.2) is 11.5 Å². The molecule has 0 saturated heterocycles. The molecule has 0 aromatic heterocycles. The monoisotopic (exact) mass is 265 g/mol. The van der Waals surface area contributed by atoms with Crippen LogP contribution in [-0.4, -0.2) is 48.7 Å². The van der Waals surface area contributed by atoms with Crippen molar-refractivity contribution in [2.75, 3.05) is 26.8 Å². The van der Waals surface area contributed by atoms with Gasteiger partial charge in [-0.2, -0.15) is 0 Å². The molecule has 0 saturated carbocycles. The van der Waals surface area contributed by atoms with Crippen LogP contribution in [0, 0.1) is 0 Å². The molecule has 1 heterocycles. The number of ether oxygens (including phenoxy) is 2. The quantitative estimate of drug-likeness (QED) is 0.879. The van der Waals surface area contributed by atoms with Gasteiger partial charge in [0.2, 0.25) is 0 Å². The Bertz CT molecular complexity index is 500. The van der Waals surface area contributed by atoms with E-state index in [-0.39, 0.29) is 18.9 Å². The van der Waals surface area contributed by atoms with Crippen LogP contribution in [0.4, 0.5) is 0 Å². The Morgan fingerprint density at radius 2 is 1.95 bits per heavy atom. The van der Waals surface area contributed by atoms with Gasteiger partial charge in [-0.3, -0.25) is 9.59 Å². The summed E-state index contributed by atoms with van der Waals surface area (Å²) in [5, 5.41) is 8.60. The number of carbonyl (C=O) groups is 2. The first-order valence-electron chi connectivity index (χ1n) is 5.95. The zero-order valence-electron chi connectivity index (χ0n) is 10.6. The highest BCUT2D eigenvalue weighted by molar-refractivity contribution is 5.95. The average molecular weight is 265 g/mol. The number of amides is 1. The highest BCUT2D eigenvalue weighted by Gasteiger charge is 2.17. The molecule has 1 aliphatic rings. The molecule has 19 heavy (non-hydrogen) atoms.